The van der Waals surface area contributed by atoms with Gasteiger partial charge in [-0.2, -0.15) is 0 Å². The number of carbonyl (C=O) groups excluding carboxylic acids is 1. The number of thiophene rings is 1. The van der Waals surface area contributed by atoms with Crippen LogP contribution in [0.4, 0.5) is 0 Å². The quantitative estimate of drug-likeness (QED) is 0.716. The second kappa shape index (κ2) is 11.2. The van der Waals surface area contributed by atoms with Crippen molar-refractivity contribution in [1.29, 1.82) is 0 Å². The highest BCUT2D eigenvalue weighted by molar-refractivity contribution is 7.10. The van der Waals surface area contributed by atoms with E-state index < -0.39 is 0 Å². The Morgan fingerprint density at radius 1 is 1.21 bits per heavy atom. The van der Waals surface area contributed by atoms with Crippen LogP contribution < -0.4 is 11.1 Å². The number of halogens is 1. The van der Waals surface area contributed by atoms with Gasteiger partial charge in [-0.25, -0.2) is 0 Å². The number of hydrogen-bond donors (Lipinski definition) is 2. The van der Waals surface area contributed by atoms with Crippen LogP contribution in [0.25, 0.3) is 0 Å². The van der Waals surface area contributed by atoms with Crippen molar-refractivity contribution >= 4 is 29.7 Å². The van der Waals surface area contributed by atoms with Gasteiger partial charge in [0.05, 0.1) is 13.1 Å². The van der Waals surface area contributed by atoms with Gasteiger partial charge in [-0.3, -0.25) is 9.69 Å². The Kier molecular flexibility index (Phi) is 9.64. The maximum Gasteiger partial charge on any atom is 0.234 e. The van der Waals surface area contributed by atoms with E-state index in [2.05, 4.69) is 40.7 Å². The first-order valence-electron chi connectivity index (χ1n) is 7.95. The molecule has 2 rings (SSSR count). The summed E-state index contributed by atoms with van der Waals surface area (Å²) in [5, 5.41) is 5.05. The maximum absolute atomic E-state index is 12.2. The highest BCUT2D eigenvalue weighted by atomic mass is 35.5. The van der Waals surface area contributed by atoms with E-state index in [0.717, 1.165) is 19.5 Å². The molecule has 4 nitrogen and oxygen atoms in total. The van der Waals surface area contributed by atoms with Crippen LogP contribution in [0.15, 0.2) is 41.8 Å². The normalized spacial score (nSPS) is 10.5. The SMILES string of the molecule is Cc1ccsc1CNC(=O)CN(CCN)CCc1ccccc1.Cl. The molecular formula is C18H26ClN3OS. The van der Waals surface area contributed by atoms with E-state index in [9.17, 15) is 4.79 Å². The third-order valence-electron chi connectivity index (χ3n) is 3.79. The van der Waals surface area contributed by atoms with Gasteiger partial charge in [-0.1, -0.05) is 30.3 Å². The van der Waals surface area contributed by atoms with Gasteiger partial charge in [-0.15, -0.1) is 23.7 Å². The summed E-state index contributed by atoms with van der Waals surface area (Å²) in [4.78, 5) is 15.5. The van der Waals surface area contributed by atoms with E-state index in [1.165, 1.54) is 16.0 Å². The number of nitrogens with zero attached hydrogens (tertiary/aromatic N) is 1. The molecule has 0 radical (unpaired) electrons. The Balaban J connectivity index is 0.00000288. The van der Waals surface area contributed by atoms with Crippen molar-refractivity contribution in [2.24, 2.45) is 5.73 Å². The lowest BCUT2D eigenvalue weighted by Crippen LogP contribution is -2.40. The third kappa shape index (κ3) is 7.01. The molecule has 0 atom stereocenters. The average molecular weight is 368 g/mol. The van der Waals surface area contributed by atoms with Crippen LogP contribution in [0.3, 0.4) is 0 Å². The van der Waals surface area contributed by atoms with Gasteiger partial charge in [0.15, 0.2) is 0 Å². The highest BCUT2D eigenvalue weighted by Crippen LogP contribution is 2.14. The second-order valence-corrected chi connectivity index (χ2v) is 6.60. The molecule has 0 aliphatic rings. The molecule has 2 aromatic rings. The van der Waals surface area contributed by atoms with E-state index in [1.807, 2.05) is 18.2 Å². The molecule has 0 saturated heterocycles. The molecule has 132 valence electrons. The molecule has 1 heterocycles. The summed E-state index contributed by atoms with van der Waals surface area (Å²) in [6.07, 6.45) is 0.929. The van der Waals surface area contributed by atoms with Crippen molar-refractivity contribution in [3.05, 3.63) is 57.8 Å². The summed E-state index contributed by atoms with van der Waals surface area (Å²) in [5.41, 5.74) is 8.19. The van der Waals surface area contributed by atoms with Crippen LogP contribution in [-0.4, -0.2) is 37.0 Å². The molecule has 0 aliphatic carbocycles. The van der Waals surface area contributed by atoms with Crippen LogP contribution in [0.2, 0.25) is 0 Å². The van der Waals surface area contributed by atoms with E-state index >= 15 is 0 Å². The highest BCUT2D eigenvalue weighted by Gasteiger charge is 2.11. The molecule has 24 heavy (non-hydrogen) atoms. The lowest BCUT2D eigenvalue weighted by molar-refractivity contribution is -0.122. The first-order chi connectivity index (χ1) is 11.2. The molecule has 0 unspecified atom stereocenters. The topological polar surface area (TPSA) is 58.4 Å². The van der Waals surface area contributed by atoms with Crippen molar-refractivity contribution in [3.8, 4) is 0 Å². The average Bonchev–Trinajstić information content (AvgIpc) is 2.97. The maximum atomic E-state index is 12.2. The molecule has 3 N–H and O–H groups in total. The van der Waals surface area contributed by atoms with Crippen molar-refractivity contribution in [1.82, 2.24) is 10.2 Å². The number of nitrogens with two attached hydrogens (primary N) is 1. The fourth-order valence-corrected chi connectivity index (χ4v) is 3.25. The van der Waals surface area contributed by atoms with E-state index in [4.69, 9.17) is 5.73 Å². The minimum Gasteiger partial charge on any atom is -0.350 e. The fourth-order valence-electron chi connectivity index (χ4n) is 2.41. The van der Waals surface area contributed by atoms with Crippen molar-refractivity contribution in [3.63, 3.8) is 0 Å². The number of rotatable bonds is 9. The number of carbonyl (C=O) groups is 1. The standard InChI is InChI=1S/C18H25N3OS.ClH/c1-15-8-12-23-17(15)13-20-18(22)14-21(11-9-19)10-7-16-5-3-2-4-6-16;/h2-6,8,12H,7,9-11,13-14,19H2,1H3,(H,20,22);1H. The first-order valence-corrected chi connectivity index (χ1v) is 8.83. The van der Waals surface area contributed by atoms with Gasteiger partial charge in [0.2, 0.25) is 5.91 Å². The second-order valence-electron chi connectivity index (χ2n) is 5.60. The molecule has 0 spiro atoms. The lowest BCUT2D eigenvalue weighted by atomic mass is 10.1. The monoisotopic (exact) mass is 367 g/mol. The molecule has 0 fully saturated rings. The van der Waals surface area contributed by atoms with Crippen molar-refractivity contribution in [2.45, 2.75) is 19.9 Å². The Morgan fingerprint density at radius 3 is 2.58 bits per heavy atom. The number of hydrogen-bond acceptors (Lipinski definition) is 4. The zero-order chi connectivity index (χ0) is 16.5. The van der Waals surface area contributed by atoms with Gasteiger partial charge >= 0.3 is 0 Å². The molecule has 0 bridgehead atoms. The van der Waals surface area contributed by atoms with Gasteiger partial charge < -0.3 is 11.1 Å². The Bertz CT molecular complexity index is 603. The number of amides is 1. The summed E-state index contributed by atoms with van der Waals surface area (Å²) in [5.74, 6) is 0.0549. The zero-order valence-electron chi connectivity index (χ0n) is 14.0. The number of aryl methyl sites for hydroxylation is 1. The minimum atomic E-state index is 0. The van der Waals surface area contributed by atoms with Crippen LogP contribution in [-0.2, 0) is 17.8 Å². The van der Waals surface area contributed by atoms with Crippen LogP contribution in [0.1, 0.15) is 16.0 Å². The summed E-state index contributed by atoms with van der Waals surface area (Å²) >= 11 is 1.68. The summed E-state index contributed by atoms with van der Waals surface area (Å²) < 4.78 is 0. The van der Waals surface area contributed by atoms with E-state index in [-0.39, 0.29) is 18.3 Å². The van der Waals surface area contributed by atoms with Crippen LogP contribution >= 0.6 is 23.7 Å². The van der Waals surface area contributed by atoms with Gasteiger partial charge in [-0.05, 0) is 35.9 Å². The predicted octanol–water partition coefficient (Wildman–Crippen LogP) is 2.60. The Labute approximate surface area is 154 Å². The lowest BCUT2D eigenvalue weighted by Gasteiger charge is -2.21. The van der Waals surface area contributed by atoms with Gasteiger partial charge in [0, 0.05) is 24.5 Å². The van der Waals surface area contributed by atoms with Crippen molar-refractivity contribution in [2.75, 3.05) is 26.2 Å². The molecule has 1 aromatic heterocycles. The minimum absolute atomic E-state index is 0. The molecule has 0 saturated carbocycles. The number of nitrogens with one attached hydrogen (secondary N) is 1. The largest absolute Gasteiger partial charge is 0.350 e. The van der Waals surface area contributed by atoms with Crippen LogP contribution in [0.5, 0.6) is 0 Å². The molecule has 0 aliphatic heterocycles. The van der Waals surface area contributed by atoms with E-state index in [0.29, 0.717) is 19.6 Å². The molecular weight excluding hydrogens is 342 g/mol. The first kappa shape index (κ1) is 20.6. The summed E-state index contributed by atoms with van der Waals surface area (Å²) in [6, 6.07) is 12.4. The fraction of sp³-hybridized carbons (Fsp3) is 0.389. The van der Waals surface area contributed by atoms with Gasteiger partial charge in [0.25, 0.3) is 0 Å². The molecule has 1 aromatic carbocycles. The predicted molar refractivity (Wildman–Crippen MR) is 104 cm³/mol. The smallest absolute Gasteiger partial charge is 0.234 e. The van der Waals surface area contributed by atoms with Crippen molar-refractivity contribution < 1.29 is 4.79 Å². The molecule has 1 amide bonds. The van der Waals surface area contributed by atoms with Gasteiger partial charge in [0.1, 0.15) is 0 Å². The summed E-state index contributed by atoms with van der Waals surface area (Å²) in [7, 11) is 0. The number of benzene rings is 1. The molecule has 6 heteroatoms. The summed E-state index contributed by atoms with van der Waals surface area (Å²) in [6.45, 7) is 5.21. The Morgan fingerprint density at radius 2 is 1.96 bits per heavy atom. The zero-order valence-corrected chi connectivity index (χ0v) is 15.7. The van der Waals surface area contributed by atoms with Crippen LogP contribution in [0, 0.1) is 6.92 Å². The Hall–Kier alpha value is -1.40. The third-order valence-corrected chi connectivity index (χ3v) is 4.81. The van der Waals surface area contributed by atoms with E-state index in [1.54, 1.807) is 11.3 Å².